The molecule has 1 heterocycles. The first-order valence-electron chi connectivity index (χ1n) is 8.56. The molecule has 0 radical (unpaired) electrons. The number of hydrogen-bond acceptors (Lipinski definition) is 3. The molecule has 3 aromatic carbocycles. The lowest BCUT2D eigenvalue weighted by Gasteiger charge is -2.12. The summed E-state index contributed by atoms with van der Waals surface area (Å²) in [5.74, 6) is 0.928. The molecule has 8 heteroatoms. The molecule has 1 aromatic heterocycles. The Bertz CT molecular complexity index is 1160. The molecule has 3 nitrogen and oxygen atoms in total. The van der Waals surface area contributed by atoms with Gasteiger partial charge in [0.05, 0.1) is 20.8 Å². The minimum absolute atomic E-state index is 0.265. The van der Waals surface area contributed by atoms with E-state index in [-0.39, 0.29) is 5.82 Å². The van der Waals surface area contributed by atoms with Gasteiger partial charge in [-0.2, -0.15) is 0 Å². The number of thioether (sulfide) groups is 1. The average Bonchev–Trinajstić information content (AvgIpc) is 3.14. The highest BCUT2D eigenvalue weighted by Gasteiger charge is 2.18. The Morgan fingerprint density at radius 1 is 0.828 bits per heavy atom. The minimum atomic E-state index is -0.265. The van der Waals surface area contributed by atoms with Gasteiger partial charge in [0, 0.05) is 11.3 Å². The van der Waals surface area contributed by atoms with E-state index in [1.807, 2.05) is 28.8 Å². The molecule has 0 unspecified atom stereocenters. The molecule has 29 heavy (non-hydrogen) atoms. The van der Waals surface area contributed by atoms with Gasteiger partial charge in [-0.15, -0.1) is 10.2 Å². The predicted octanol–water partition coefficient (Wildman–Crippen LogP) is 7.33. The summed E-state index contributed by atoms with van der Waals surface area (Å²) in [7, 11) is 0. The van der Waals surface area contributed by atoms with Gasteiger partial charge in [-0.25, -0.2) is 4.39 Å². The van der Waals surface area contributed by atoms with Crippen LogP contribution in [0.15, 0.2) is 71.9 Å². The second-order valence-electron chi connectivity index (χ2n) is 6.13. The van der Waals surface area contributed by atoms with Crippen molar-refractivity contribution in [3.05, 3.63) is 93.2 Å². The van der Waals surface area contributed by atoms with Crippen LogP contribution in [-0.2, 0) is 5.75 Å². The maximum Gasteiger partial charge on any atom is 0.196 e. The van der Waals surface area contributed by atoms with E-state index in [1.54, 1.807) is 30.3 Å². The first-order chi connectivity index (χ1) is 14.0. The molecule has 146 valence electrons. The molecule has 0 amide bonds. The fourth-order valence-electron chi connectivity index (χ4n) is 2.77. The van der Waals surface area contributed by atoms with Crippen LogP contribution >= 0.6 is 46.6 Å². The van der Waals surface area contributed by atoms with Crippen LogP contribution < -0.4 is 0 Å². The van der Waals surface area contributed by atoms with E-state index in [1.165, 1.54) is 23.9 Å². The second kappa shape index (κ2) is 8.76. The summed E-state index contributed by atoms with van der Waals surface area (Å²) < 4.78 is 15.1. The zero-order chi connectivity index (χ0) is 20.4. The fraction of sp³-hybridized carbons (Fsp3) is 0.0476. The van der Waals surface area contributed by atoms with Gasteiger partial charge < -0.3 is 0 Å². The topological polar surface area (TPSA) is 30.7 Å². The van der Waals surface area contributed by atoms with E-state index in [0.717, 1.165) is 16.8 Å². The first kappa shape index (κ1) is 20.2. The Morgan fingerprint density at radius 3 is 2.31 bits per heavy atom. The fourth-order valence-corrected chi connectivity index (χ4v) is 4.19. The predicted molar refractivity (Wildman–Crippen MR) is 118 cm³/mol. The molecule has 0 fully saturated rings. The highest BCUT2D eigenvalue weighted by molar-refractivity contribution is 7.98. The van der Waals surface area contributed by atoms with Crippen LogP contribution in [0.25, 0.3) is 17.1 Å². The van der Waals surface area contributed by atoms with Gasteiger partial charge in [-0.3, -0.25) is 4.57 Å². The highest BCUT2D eigenvalue weighted by atomic mass is 35.5. The quantitative estimate of drug-likeness (QED) is 0.290. The molecule has 0 bridgehead atoms. The summed E-state index contributed by atoms with van der Waals surface area (Å²) in [6, 6.07) is 19.1. The lowest BCUT2D eigenvalue weighted by Crippen LogP contribution is -2.00. The third-order valence-corrected chi connectivity index (χ3v) is 6.26. The first-order valence-corrected chi connectivity index (χ1v) is 10.7. The number of nitrogens with zero attached hydrogens (tertiary/aromatic N) is 3. The summed E-state index contributed by atoms with van der Waals surface area (Å²) >= 11 is 20.2. The summed E-state index contributed by atoms with van der Waals surface area (Å²) in [6.45, 7) is 0. The number of halogens is 4. The molecule has 0 saturated heterocycles. The number of aromatic nitrogens is 3. The molecule has 0 aliphatic carbocycles. The molecular formula is C21H13Cl3FN3S. The average molecular weight is 465 g/mol. The smallest absolute Gasteiger partial charge is 0.196 e. The number of hydrogen-bond donors (Lipinski definition) is 0. The minimum Gasteiger partial charge on any atom is -0.270 e. The lowest BCUT2D eigenvalue weighted by atomic mass is 10.2. The van der Waals surface area contributed by atoms with Gasteiger partial charge in [0.1, 0.15) is 5.82 Å². The van der Waals surface area contributed by atoms with Crippen LogP contribution in [0.5, 0.6) is 0 Å². The molecule has 4 aromatic rings. The van der Waals surface area contributed by atoms with Crippen LogP contribution in [0.4, 0.5) is 4.39 Å². The standard InChI is InChI=1S/C21H13Cl3FN3S/c22-17-4-2-1-3-16(17)20-26-27-21(29-12-13-5-7-14(25)8-6-13)28(20)15-9-10-18(23)19(24)11-15/h1-11H,12H2. The van der Waals surface area contributed by atoms with E-state index in [0.29, 0.717) is 31.8 Å². The number of benzene rings is 3. The third kappa shape index (κ3) is 4.43. The molecule has 0 N–H and O–H groups in total. The monoisotopic (exact) mass is 463 g/mol. The van der Waals surface area contributed by atoms with Gasteiger partial charge >= 0.3 is 0 Å². The highest BCUT2D eigenvalue weighted by Crippen LogP contribution is 2.34. The molecule has 0 atom stereocenters. The second-order valence-corrected chi connectivity index (χ2v) is 8.30. The van der Waals surface area contributed by atoms with Gasteiger partial charge in [-0.1, -0.05) is 70.8 Å². The van der Waals surface area contributed by atoms with E-state index >= 15 is 0 Å². The molecule has 0 saturated carbocycles. The van der Waals surface area contributed by atoms with Crippen LogP contribution in [0.2, 0.25) is 15.1 Å². The summed E-state index contributed by atoms with van der Waals surface area (Å²) in [6.07, 6.45) is 0. The van der Waals surface area contributed by atoms with Crippen molar-refractivity contribution in [2.24, 2.45) is 0 Å². The Morgan fingerprint density at radius 2 is 1.59 bits per heavy atom. The van der Waals surface area contributed by atoms with Crippen molar-refractivity contribution in [3.63, 3.8) is 0 Å². The van der Waals surface area contributed by atoms with E-state index in [2.05, 4.69) is 10.2 Å². The zero-order valence-electron chi connectivity index (χ0n) is 14.8. The van der Waals surface area contributed by atoms with Crippen molar-refractivity contribution < 1.29 is 4.39 Å². The van der Waals surface area contributed by atoms with Crippen molar-refractivity contribution in [2.45, 2.75) is 10.9 Å². The van der Waals surface area contributed by atoms with Crippen LogP contribution in [0, 0.1) is 5.82 Å². The van der Waals surface area contributed by atoms with Crippen molar-refractivity contribution in [1.29, 1.82) is 0 Å². The number of rotatable bonds is 5. The van der Waals surface area contributed by atoms with E-state index < -0.39 is 0 Å². The van der Waals surface area contributed by atoms with Crippen LogP contribution in [0.3, 0.4) is 0 Å². The zero-order valence-corrected chi connectivity index (χ0v) is 17.9. The summed E-state index contributed by atoms with van der Waals surface area (Å²) in [5.41, 5.74) is 2.49. The van der Waals surface area contributed by atoms with Crippen LogP contribution in [0.1, 0.15) is 5.56 Å². The lowest BCUT2D eigenvalue weighted by molar-refractivity contribution is 0.627. The van der Waals surface area contributed by atoms with Gasteiger partial charge in [0.15, 0.2) is 11.0 Å². The molecule has 4 rings (SSSR count). The normalized spacial score (nSPS) is 11.0. The molecule has 0 spiro atoms. The Balaban J connectivity index is 1.77. The summed E-state index contributed by atoms with van der Waals surface area (Å²) in [4.78, 5) is 0. The van der Waals surface area contributed by atoms with Crippen molar-refractivity contribution in [1.82, 2.24) is 14.8 Å². The molecule has 0 aliphatic heterocycles. The Kier molecular flexibility index (Phi) is 6.11. The van der Waals surface area contributed by atoms with Gasteiger partial charge in [-0.05, 0) is 48.0 Å². The molecular weight excluding hydrogens is 452 g/mol. The van der Waals surface area contributed by atoms with Crippen molar-refractivity contribution >= 4 is 46.6 Å². The third-order valence-electron chi connectivity index (χ3n) is 4.19. The van der Waals surface area contributed by atoms with Crippen LogP contribution in [-0.4, -0.2) is 14.8 Å². The summed E-state index contributed by atoms with van der Waals surface area (Å²) in [5, 5.41) is 10.8. The maximum atomic E-state index is 13.2. The van der Waals surface area contributed by atoms with Gasteiger partial charge in [0.25, 0.3) is 0 Å². The Hall–Kier alpha value is -2.05. The largest absolute Gasteiger partial charge is 0.270 e. The maximum absolute atomic E-state index is 13.2. The molecule has 0 aliphatic rings. The SMILES string of the molecule is Fc1ccc(CSc2nnc(-c3ccccc3Cl)n2-c2ccc(Cl)c(Cl)c2)cc1. The van der Waals surface area contributed by atoms with Crippen molar-refractivity contribution in [3.8, 4) is 17.1 Å². The van der Waals surface area contributed by atoms with Crippen molar-refractivity contribution in [2.75, 3.05) is 0 Å². The van der Waals surface area contributed by atoms with E-state index in [9.17, 15) is 4.39 Å². The Labute approximate surface area is 186 Å². The van der Waals surface area contributed by atoms with E-state index in [4.69, 9.17) is 34.8 Å². The van der Waals surface area contributed by atoms with Gasteiger partial charge in [0.2, 0.25) is 0 Å².